The molecule has 1 aromatic carbocycles. The molecule has 0 bridgehead atoms. The lowest BCUT2D eigenvalue weighted by Crippen LogP contribution is -2.48. The summed E-state index contributed by atoms with van der Waals surface area (Å²) in [5.74, 6) is 1.45. The predicted octanol–water partition coefficient (Wildman–Crippen LogP) is 4.04. The Bertz CT molecular complexity index is 681. The minimum absolute atomic E-state index is 0.112. The first-order valence-corrected chi connectivity index (χ1v) is 11.3. The van der Waals surface area contributed by atoms with Crippen molar-refractivity contribution in [1.82, 2.24) is 9.80 Å². The van der Waals surface area contributed by atoms with Gasteiger partial charge in [0.25, 0.3) is 0 Å². The molecule has 28 heavy (non-hydrogen) atoms. The van der Waals surface area contributed by atoms with Gasteiger partial charge in [0.1, 0.15) is 0 Å². The van der Waals surface area contributed by atoms with Gasteiger partial charge in [-0.05, 0) is 56.9 Å². The van der Waals surface area contributed by atoms with Gasteiger partial charge < -0.3 is 9.80 Å². The van der Waals surface area contributed by atoms with E-state index in [2.05, 4.69) is 24.0 Å². The van der Waals surface area contributed by atoms with Crippen molar-refractivity contribution in [2.75, 3.05) is 13.1 Å². The molecule has 1 saturated carbocycles. The van der Waals surface area contributed by atoms with Crippen LogP contribution in [0.25, 0.3) is 0 Å². The lowest BCUT2D eigenvalue weighted by Gasteiger charge is -2.38. The topological polar surface area (TPSA) is 40.6 Å². The quantitative estimate of drug-likeness (QED) is 0.789. The van der Waals surface area contributed by atoms with Crippen molar-refractivity contribution < 1.29 is 9.59 Å². The first kappa shape index (κ1) is 19.5. The number of carbonyl (C=O) groups excluding carboxylic acids is 2. The van der Waals surface area contributed by atoms with Crippen LogP contribution in [0.5, 0.6) is 0 Å². The molecular formula is C24H34N2O2. The molecule has 3 fully saturated rings. The number of fused-ring (bicyclic) bond motifs is 1. The van der Waals surface area contributed by atoms with Crippen LogP contribution in [0.2, 0.25) is 0 Å². The lowest BCUT2D eigenvalue weighted by atomic mass is 9.84. The highest BCUT2D eigenvalue weighted by atomic mass is 16.2. The van der Waals surface area contributed by atoms with E-state index in [9.17, 15) is 9.59 Å². The third-order valence-electron chi connectivity index (χ3n) is 7.27. The molecule has 3 unspecified atom stereocenters. The summed E-state index contributed by atoms with van der Waals surface area (Å²) in [6.07, 6.45) is 9.30. The van der Waals surface area contributed by atoms with Crippen molar-refractivity contribution >= 4 is 11.8 Å². The molecule has 4 nitrogen and oxygen atoms in total. The highest BCUT2D eigenvalue weighted by Gasteiger charge is 2.44. The molecular weight excluding hydrogens is 348 g/mol. The number of hydrogen-bond donors (Lipinski definition) is 0. The van der Waals surface area contributed by atoms with Gasteiger partial charge in [-0.25, -0.2) is 0 Å². The number of piperidine rings is 1. The van der Waals surface area contributed by atoms with Crippen molar-refractivity contribution in [2.45, 2.75) is 76.8 Å². The molecule has 3 aliphatic rings. The number of rotatable bonds is 4. The molecule has 0 aromatic heterocycles. The molecule has 2 saturated heterocycles. The first-order valence-electron chi connectivity index (χ1n) is 11.3. The van der Waals surface area contributed by atoms with Crippen molar-refractivity contribution in [2.24, 2.45) is 11.8 Å². The number of likely N-dealkylation sites (tertiary alicyclic amines) is 2. The van der Waals surface area contributed by atoms with E-state index in [-0.39, 0.29) is 11.8 Å². The van der Waals surface area contributed by atoms with Crippen LogP contribution in [0, 0.1) is 11.8 Å². The summed E-state index contributed by atoms with van der Waals surface area (Å²) in [6.45, 7) is 3.71. The van der Waals surface area contributed by atoms with E-state index in [4.69, 9.17) is 0 Å². The van der Waals surface area contributed by atoms with E-state index in [0.29, 0.717) is 24.4 Å². The highest BCUT2D eigenvalue weighted by Crippen LogP contribution is 2.41. The van der Waals surface area contributed by atoms with E-state index < -0.39 is 0 Å². The van der Waals surface area contributed by atoms with Crippen LogP contribution in [-0.2, 0) is 16.0 Å². The molecule has 0 radical (unpaired) electrons. The monoisotopic (exact) mass is 382 g/mol. The van der Waals surface area contributed by atoms with Crippen LogP contribution >= 0.6 is 0 Å². The standard InChI is InChI=1S/C24H34N2O2/c1-18-17-21-9-5-6-10-22(21)26(18)24(28)20-13-15-25(16-14-20)23(27)12-11-19-7-3-2-4-8-19/h2-4,7-8,18,20-22H,5-6,9-17H2,1H3. The number of carbonyl (C=O) groups is 2. The summed E-state index contributed by atoms with van der Waals surface area (Å²) in [5.41, 5.74) is 1.21. The molecule has 4 rings (SSSR count). The summed E-state index contributed by atoms with van der Waals surface area (Å²) in [5, 5.41) is 0. The highest BCUT2D eigenvalue weighted by molar-refractivity contribution is 5.81. The van der Waals surface area contributed by atoms with Crippen LogP contribution in [0.15, 0.2) is 30.3 Å². The fourth-order valence-electron chi connectivity index (χ4n) is 5.73. The van der Waals surface area contributed by atoms with Gasteiger partial charge in [0, 0.05) is 37.5 Å². The molecule has 152 valence electrons. The van der Waals surface area contributed by atoms with Crippen LogP contribution < -0.4 is 0 Å². The Morgan fingerprint density at radius 3 is 2.46 bits per heavy atom. The summed E-state index contributed by atoms with van der Waals surface area (Å²) in [4.78, 5) is 30.1. The zero-order valence-corrected chi connectivity index (χ0v) is 17.2. The summed E-state index contributed by atoms with van der Waals surface area (Å²) in [7, 11) is 0. The lowest BCUT2D eigenvalue weighted by molar-refractivity contribution is -0.143. The van der Waals surface area contributed by atoms with E-state index in [1.807, 2.05) is 23.1 Å². The Morgan fingerprint density at radius 1 is 1.00 bits per heavy atom. The third kappa shape index (κ3) is 4.11. The van der Waals surface area contributed by atoms with Crippen molar-refractivity contribution in [3.63, 3.8) is 0 Å². The summed E-state index contributed by atoms with van der Waals surface area (Å²) in [6, 6.07) is 11.1. The average Bonchev–Trinajstić information content (AvgIpc) is 3.08. The number of aryl methyl sites for hydroxylation is 1. The minimum Gasteiger partial charge on any atom is -0.343 e. The van der Waals surface area contributed by atoms with Crippen LogP contribution in [-0.4, -0.2) is 46.8 Å². The molecule has 0 N–H and O–H groups in total. The normalized spacial score (nSPS) is 28.2. The van der Waals surface area contributed by atoms with E-state index in [0.717, 1.165) is 38.3 Å². The zero-order valence-electron chi connectivity index (χ0n) is 17.2. The van der Waals surface area contributed by atoms with Gasteiger partial charge in [0.2, 0.25) is 11.8 Å². The van der Waals surface area contributed by atoms with Crippen molar-refractivity contribution in [3.8, 4) is 0 Å². The van der Waals surface area contributed by atoms with Gasteiger partial charge in [0.05, 0.1) is 0 Å². The van der Waals surface area contributed by atoms with E-state index in [1.165, 1.54) is 37.7 Å². The fraction of sp³-hybridized carbons (Fsp3) is 0.667. The SMILES string of the molecule is CC1CC2CCCCC2N1C(=O)C1CCN(C(=O)CCc2ccccc2)CC1. The average molecular weight is 383 g/mol. The number of hydrogen-bond acceptors (Lipinski definition) is 2. The Balaban J connectivity index is 1.27. The fourth-order valence-corrected chi connectivity index (χ4v) is 5.73. The van der Waals surface area contributed by atoms with Crippen LogP contribution in [0.3, 0.4) is 0 Å². The number of nitrogens with zero attached hydrogens (tertiary/aromatic N) is 2. The first-order chi connectivity index (χ1) is 13.6. The molecule has 1 aliphatic carbocycles. The van der Waals surface area contributed by atoms with Gasteiger partial charge in [0.15, 0.2) is 0 Å². The Hall–Kier alpha value is -1.84. The van der Waals surface area contributed by atoms with Crippen LogP contribution in [0.4, 0.5) is 0 Å². The molecule has 2 amide bonds. The second-order valence-corrected chi connectivity index (χ2v) is 9.08. The minimum atomic E-state index is 0.112. The molecule has 3 atom stereocenters. The molecule has 2 heterocycles. The Labute approximate surface area is 169 Å². The maximum atomic E-state index is 13.3. The van der Waals surface area contributed by atoms with Gasteiger partial charge in [-0.1, -0.05) is 43.2 Å². The maximum Gasteiger partial charge on any atom is 0.226 e. The smallest absolute Gasteiger partial charge is 0.226 e. The maximum absolute atomic E-state index is 13.3. The van der Waals surface area contributed by atoms with Gasteiger partial charge >= 0.3 is 0 Å². The summed E-state index contributed by atoms with van der Waals surface area (Å²) >= 11 is 0. The second-order valence-electron chi connectivity index (χ2n) is 9.08. The third-order valence-corrected chi connectivity index (χ3v) is 7.27. The predicted molar refractivity (Wildman–Crippen MR) is 111 cm³/mol. The molecule has 2 aliphatic heterocycles. The van der Waals surface area contributed by atoms with Crippen LogP contribution in [0.1, 0.15) is 63.9 Å². The Morgan fingerprint density at radius 2 is 1.71 bits per heavy atom. The largest absolute Gasteiger partial charge is 0.343 e. The molecule has 0 spiro atoms. The Kier molecular flexibility index (Phi) is 6.03. The second kappa shape index (κ2) is 8.67. The summed E-state index contributed by atoms with van der Waals surface area (Å²) < 4.78 is 0. The number of benzene rings is 1. The van der Waals surface area contributed by atoms with E-state index in [1.54, 1.807) is 0 Å². The van der Waals surface area contributed by atoms with Crippen molar-refractivity contribution in [3.05, 3.63) is 35.9 Å². The number of amides is 2. The van der Waals surface area contributed by atoms with Crippen molar-refractivity contribution in [1.29, 1.82) is 0 Å². The van der Waals surface area contributed by atoms with Gasteiger partial charge in [-0.15, -0.1) is 0 Å². The zero-order chi connectivity index (χ0) is 19.5. The molecule has 4 heteroatoms. The van der Waals surface area contributed by atoms with E-state index >= 15 is 0 Å². The molecule has 1 aromatic rings. The van der Waals surface area contributed by atoms with Gasteiger partial charge in [-0.2, -0.15) is 0 Å². The van der Waals surface area contributed by atoms with Gasteiger partial charge in [-0.3, -0.25) is 9.59 Å².